The Bertz CT molecular complexity index is 469. The van der Waals surface area contributed by atoms with Crippen molar-refractivity contribution in [3.63, 3.8) is 0 Å². The normalized spacial score (nSPS) is 12.9. The molecule has 0 aliphatic carbocycles. The van der Waals surface area contributed by atoms with Crippen LogP contribution in [0.2, 0.25) is 0 Å². The van der Waals surface area contributed by atoms with Crippen molar-refractivity contribution in [2.24, 2.45) is 11.8 Å². The van der Waals surface area contributed by atoms with Crippen LogP contribution in [-0.2, 0) is 4.74 Å². The first-order chi connectivity index (χ1) is 10.2. The molecule has 2 N–H and O–H groups in total. The zero-order valence-electron chi connectivity index (χ0n) is 13.9. The van der Waals surface area contributed by atoms with Crippen molar-refractivity contribution in [2.75, 3.05) is 18.4 Å². The second-order valence-corrected chi connectivity index (χ2v) is 6.64. The Labute approximate surface area is 131 Å². The predicted molar refractivity (Wildman–Crippen MR) is 85.2 cm³/mol. The number of carbonyl (C=O) groups is 1. The van der Waals surface area contributed by atoms with Crippen LogP contribution < -0.4 is 10.6 Å². The number of pyridine rings is 1. The third kappa shape index (κ3) is 7.24. The largest absolute Gasteiger partial charge is 0.444 e. The Hall–Kier alpha value is -1.85. The molecule has 5 nitrogen and oxygen atoms in total. The van der Waals surface area contributed by atoms with Crippen LogP contribution in [0, 0.1) is 17.8 Å². The molecule has 124 valence electrons. The van der Waals surface area contributed by atoms with Crippen molar-refractivity contribution in [1.82, 2.24) is 10.3 Å². The van der Waals surface area contributed by atoms with Crippen LogP contribution >= 0.6 is 0 Å². The first-order valence-electron chi connectivity index (χ1n) is 7.49. The smallest absolute Gasteiger partial charge is 0.407 e. The van der Waals surface area contributed by atoms with Crippen LogP contribution in [0.5, 0.6) is 0 Å². The number of aromatic nitrogens is 1. The van der Waals surface area contributed by atoms with Crippen LogP contribution in [-0.4, -0.2) is 29.8 Å². The highest BCUT2D eigenvalue weighted by Gasteiger charge is 2.19. The molecule has 1 atom stereocenters. The summed E-state index contributed by atoms with van der Waals surface area (Å²) in [6.07, 6.45) is 1.04. The minimum atomic E-state index is -0.505. The molecule has 0 saturated heterocycles. The molecule has 1 heterocycles. The van der Waals surface area contributed by atoms with Crippen molar-refractivity contribution in [3.8, 4) is 0 Å². The van der Waals surface area contributed by atoms with Gasteiger partial charge in [-0.2, -0.15) is 4.39 Å². The lowest BCUT2D eigenvalue weighted by Gasteiger charge is -2.24. The third-order valence-corrected chi connectivity index (χ3v) is 3.15. The Balaban J connectivity index is 2.45. The number of rotatable bonds is 6. The number of amides is 1. The van der Waals surface area contributed by atoms with Gasteiger partial charge < -0.3 is 15.4 Å². The summed E-state index contributed by atoms with van der Waals surface area (Å²) >= 11 is 0. The molecule has 6 heteroatoms. The number of nitrogens with one attached hydrogen (secondary N) is 2. The lowest BCUT2D eigenvalue weighted by molar-refractivity contribution is 0.0516. The number of hydrogen-bond donors (Lipinski definition) is 2. The van der Waals surface area contributed by atoms with Gasteiger partial charge in [0.25, 0.3) is 0 Å². The summed E-state index contributed by atoms with van der Waals surface area (Å²) in [4.78, 5) is 15.3. The van der Waals surface area contributed by atoms with Gasteiger partial charge in [-0.1, -0.05) is 13.8 Å². The fraction of sp³-hybridized carbons (Fsp3) is 0.625. The quantitative estimate of drug-likeness (QED) is 0.790. The number of hydrogen-bond acceptors (Lipinski definition) is 4. The summed E-state index contributed by atoms with van der Waals surface area (Å²) in [5, 5.41) is 5.99. The van der Waals surface area contributed by atoms with E-state index in [0.29, 0.717) is 19.0 Å². The molecule has 0 saturated carbocycles. The van der Waals surface area contributed by atoms with Gasteiger partial charge >= 0.3 is 6.09 Å². The van der Waals surface area contributed by atoms with Gasteiger partial charge in [-0.15, -0.1) is 0 Å². The zero-order chi connectivity index (χ0) is 16.8. The monoisotopic (exact) mass is 311 g/mol. The van der Waals surface area contributed by atoms with Crippen LogP contribution in [0.15, 0.2) is 18.3 Å². The van der Waals surface area contributed by atoms with Crippen molar-refractivity contribution in [2.45, 2.75) is 40.2 Å². The lowest BCUT2D eigenvalue weighted by atomic mass is 9.95. The summed E-state index contributed by atoms with van der Waals surface area (Å²) in [6.45, 7) is 10.8. The molecular formula is C16H26FN3O2. The van der Waals surface area contributed by atoms with E-state index in [9.17, 15) is 9.18 Å². The Morgan fingerprint density at radius 2 is 2.00 bits per heavy atom. The number of carbonyl (C=O) groups excluding carboxylic acids is 1. The topological polar surface area (TPSA) is 63.2 Å². The number of anilines is 1. The summed E-state index contributed by atoms with van der Waals surface area (Å²) in [5.41, 5.74) is 0.249. The van der Waals surface area contributed by atoms with E-state index in [1.54, 1.807) is 6.07 Å². The van der Waals surface area contributed by atoms with E-state index < -0.39 is 17.6 Å². The molecule has 0 bridgehead atoms. The fourth-order valence-electron chi connectivity index (χ4n) is 1.80. The highest BCUT2D eigenvalue weighted by Crippen LogP contribution is 2.13. The van der Waals surface area contributed by atoms with E-state index in [0.717, 1.165) is 5.69 Å². The Morgan fingerprint density at radius 1 is 1.32 bits per heavy atom. The van der Waals surface area contributed by atoms with Crippen molar-refractivity contribution >= 4 is 11.8 Å². The number of alkyl carbamates (subject to hydrolysis) is 1. The summed E-state index contributed by atoms with van der Waals surface area (Å²) < 4.78 is 18.0. The molecule has 1 aromatic heterocycles. The van der Waals surface area contributed by atoms with E-state index >= 15 is 0 Å². The Morgan fingerprint density at radius 3 is 2.50 bits per heavy atom. The van der Waals surface area contributed by atoms with E-state index in [1.165, 1.54) is 12.3 Å². The predicted octanol–water partition coefficient (Wildman–Crippen LogP) is 3.43. The van der Waals surface area contributed by atoms with Gasteiger partial charge in [0.15, 0.2) is 0 Å². The maximum absolute atomic E-state index is 12.8. The minimum Gasteiger partial charge on any atom is -0.444 e. The molecular weight excluding hydrogens is 285 g/mol. The standard InChI is InChI=1S/C16H26FN3O2/c1-11(2)12(9-20-15(21)22-16(3,4)5)8-18-13-6-7-14(17)19-10-13/h6-7,10-12,18H,8-9H2,1-5H3,(H,20,21). The van der Waals surface area contributed by atoms with Crippen molar-refractivity contribution in [1.29, 1.82) is 0 Å². The molecule has 1 amide bonds. The van der Waals surface area contributed by atoms with Gasteiger partial charge in [-0.25, -0.2) is 9.78 Å². The van der Waals surface area contributed by atoms with Gasteiger partial charge in [-0.05, 0) is 44.7 Å². The fourth-order valence-corrected chi connectivity index (χ4v) is 1.80. The second-order valence-electron chi connectivity index (χ2n) is 6.64. The average molecular weight is 311 g/mol. The third-order valence-electron chi connectivity index (χ3n) is 3.15. The minimum absolute atomic E-state index is 0.220. The van der Waals surface area contributed by atoms with Crippen LogP contribution in [0.4, 0.5) is 14.9 Å². The van der Waals surface area contributed by atoms with Crippen molar-refractivity contribution in [3.05, 3.63) is 24.3 Å². The van der Waals surface area contributed by atoms with E-state index in [4.69, 9.17) is 4.74 Å². The summed E-state index contributed by atoms with van der Waals surface area (Å²) in [5.74, 6) is 0.0889. The highest BCUT2D eigenvalue weighted by molar-refractivity contribution is 5.67. The molecule has 0 aromatic carbocycles. The van der Waals surface area contributed by atoms with Gasteiger partial charge in [0, 0.05) is 13.1 Å². The maximum Gasteiger partial charge on any atom is 0.407 e. The number of ether oxygens (including phenoxy) is 1. The molecule has 1 unspecified atom stereocenters. The van der Waals surface area contributed by atoms with Crippen LogP contribution in [0.25, 0.3) is 0 Å². The molecule has 0 aliphatic heterocycles. The number of halogens is 1. The molecule has 0 spiro atoms. The molecule has 1 rings (SSSR count). The molecule has 0 radical (unpaired) electrons. The maximum atomic E-state index is 12.8. The van der Waals surface area contributed by atoms with Gasteiger partial charge in [0.1, 0.15) is 5.60 Å². The SMILES string of the molecule is CC(C)C(CNC(=O)OC(C)(C)C)CNc1ccc(F)nc1. The molecule has 0 aliphatic rings. The zero-order valence-corrected chi connectivity index (χ0v) is 13.9. The molecule has 0 fully saturated rings. The van der Waals surface area contributed by atoms with E-state index in [1.807, 2.05) is 20.8 Å². The van der Waals surface area contributed by atoms with Crippen LogP contribution in [0.3, 0.4) is 0 Å². The second kappa shape index (κ2) is 7.96. The van der Waals surface area contributed by atoms with Gasteiger partial charge in [0.2, 0.25) is 5.95 Å². The van der Waals surface area contributed by atoms with Gasteiger partial charge in [0.05, 0.1) is 11.9 Å². The van der Waals surface area contributed by atoms with Crippen molar-refractivity contribution < 1.29 is 13.9 Å². The van der Waals surface area contributed by atoms with E-state index in [-0.39, 0.29) is 5.92 Å². The summed E-state index contributed by atoms with van der Waals surface area (Å²) in [7, 11) is 0. The number of nitrogens with zero attached hydrogens (tertiary/aromatic N) is 1. The summed E-state index contributed by atoms with van der Waals surface area (Å²) in [6, 6.07) is 2.95. The first kappa shape index (κ1) is 18.2. The first-order valence-corrected chi connectivity index (χ1v) is 7.49. The average Bonchev–Trinajstić information content (AvgIpc) is 2.38. The van der Waals surface area contributed by atoms with E-state index in [2.05, 4.69) is 29.5 Å². The van der Waals surface area contributed by atoms with Gasteiger partial charge in [-0.3, -0.25) is 0 Å². The Kier molecular flexibility index (Phi) is 6.59. The lowest BCUT2D eigenvalue weighted by Crippen LogP contribution is -2.38. The highest BCUT2D eigenvalue weighted by atomic mass is 19.1. The molecule has 22 heavy (non-hydrogen) atoms. The molecule has 1 aromatic rings. The van der Waals surface area contributed by atoms with Crippen LogP contribution in [0.1, 0.15) is 34.6 Å².